The molecule has 0 atom stereocenters. The number of rotatable bonds is 1. The summed E-state index contributed by atoms with van der Waals surface area (Å²) in [4.78, 5) is 38.5. The van der Waals surface area contributed by atoms with Crippen LogP contribution in [0.4, 0.5) is 0 Å². The van der Waals surface area contributed by atoms with Gasteiger partial charge in [-0.1, -0.05) is 0 Å². The van der Waals surface area contributed by atoms with Gasteiger partial charge in [0.2, 0.25) is 10.0 Å². The Bertz CT molecular complexity index is 463. The monoisotopic (exact) mass is 182 g/mol. The smallest absolute Gasteiger partial charge is 0.302 e. The van der Waals surface area contributed by atoms with Crippen molar-refractivity contribution in [3.63, 3.8) is 0 Å². The third kappa shape index (κ3) is 2.04. The number of nitrogens with one attached hydrogen (secondary N) is 3. The van der Waals surface area contributed by atoms with Crippen LogP contribution in [-0.2, 0) is 0 Å². The lowest BCUT2D eigenvalue weighted by atomic mass is 10.4. The van der Waals surface area contributed by atoms with Gasteiger partial charge in [0.25, 0.3) is 5.56 Å². The highest BCUT2D eigenvalue weighted by Crippen LogP contribution is 1.87. The number of H-pyrrole nitrogens is 2. The molecule has 0 aliphatic rings. The maximum atomic E-state index is 10.8. The Hall–Kier alpha value is -2.34. The van der Waals surface area contributed by atoms with Crippen molar-refractivity contribution in [1.82, 2.24) is 14.9 Å². The van der Waals surface area contributed by atoms with Gasteiger partial charge >= 0.3 is 11.6 Å². The minimum absolute atomic E-state index is 0.301. The van der Waals surface area contributed by atoms with Crippen LogP contribution in [0.25, 0.3) is 0 Å². The van der Waals surface area contributed by atoms with Crippen molar-refractivity contribution in [2.75, 3.05) is 0 Å². The van der Waals surface area contributed by atoms with Gasteiger partial charge in [0.15, 0.2) is 0 Å². The van der Waals surface area contributed by atoms with E-state index in [1.165, 1.54) is 0 Å². The average Bonchev–Trinajstić information content (AvgIpc) is 2.03. The number of carbonyl (C=O) groups is 1. The molecule has 0 aliphatic carbocycles. The first-order chi connectivity index (χ1) is 6.13. The van der Waals surface area contributed by atoms with E-state index in [2.05, 4.69) is 10.0 Å². The van der Waals surface area contributed by atoms with Gasteiger partial charge in [0.1, 0.15) is 11.2 Å². The fraction of sp³-hybridized carbons (Fsp3) is 0. The summed E-state index contributed by atoms with van der Waals surface area (Å²) >= 11 is 0. The minimum atomic E-state index is -0.946. The van der Waals surface area contributed by atoms with E-state index in [0.29, 0.717) is 0 Å². The predicted molar refractivity (Wildman–Crippen MR) is 39.3 cm³/mol. The first-order valence-electron chi connectivity index (χ1n) is 3.09. The van der Waals surface area contributed by atoms with Gasteiger partial charge in [0, 0.05) is 6.07 Å². The highest BCUT2D eigenvalue weighted by atomic mass is 16.2. The molecular weight excluding hydrogens is 178 g/mol. The summed E-state index contributed by atoms with van der Waals surface area (Å²) in [6.45, 7) is 0. The quantitative estimate of drug-likeness (QED) is 0.370. The number of hydrogen-bond donors (Lipinski definition) is 3. The lowest BCUT2D eigenvalue weighted by Crippen LogP contribution is -2.24. The normalized spacial score (nSPS) is 8.92. The number of amides is 1. The van der Waals surface area contributed by atoms with Gasteiger partial charge in [0.05, 0.1) is 0 Å². The molecule has 13 heavy (non-hydrogen) atoms. The van der Waals surface area contributed by atoms with E-state index < -0.39 is 17.2 Å². The van der Waals surface area contributed by atoms with Crippen LogP contribution < -0.4 is 16.2 Å². The van der Waals surface area contributed by atoms with Crippen LogP contribution in [-0.4, -0.2) is 15.9 Å². The van der Waals surface area contributed by atoms with Crippen molar-refractivity contribution >= 4 is 5.91 Å². The second-order valence-electron chi connectivity index (χ2n) is 2.01. The molecule has 0 unspecified atom stereocenters. The topological polar surface area (TPSA) is 133 Å². The van der Waals surface area contributed by atoms with Gasteiger partial charge in [-0.05, 0) is 0 Å². The number of aromatic nitrogens is 2. The van der Waals surface area contributed by atoms with Crippen LogP contribution in [0.15, 0.2) is 20.8 Å². The molecule has 8 heteroatoms. The Kier molecular flexibility index (Phi) is 2.27. The molecule has 0 saturated carbocycles. The molecule has 0 fully saturated rings. The largest absolute Gasteiger partial charge is 0.377 e. The number of aromatic amines is 2. The van der Waals surface area contributed by atoms with Crippen molar-refractivity contribution < 1.29 is 4.79 Å². The Labute approximate surface area is 69.9 Å². The fourth-order valence-electron chi connectivity index (χ4n) is 0.683. The molecule has 1 heterocycles. The van der Waals surface area contributed by atoms with Crippen molar-refractivity contribution in [3.8, 4) is 0 Å². The van der Waals surface area contributed by atoms with Crippen LogP contribution >= 0.6 is 0 Å². The highest BCUT2D eigenvalue weighted by Gasteiger charge is 2.11. The Morgan fingerprint density at radius 3 is 2.69 bits per heavy atom. The van der Waals surface area contributed by atoms with Crippen molar-refractivity contribution in [3.05, 3.63) is 32.6 Å². The molecule has 0 saturated heterocycles. The second-order valence-corrected chi connectivity index (χ2v) is 2.01. The van der Waals surface area contributed by atoms with Gasteiger partial charge in [-0.3, -0.25) is 14.6 Å². The molecule has 1 aromatic heterocycles. The van der Waals surface area contributed by atoms with Crippen LogP contribution in [0.5, 0.6) is 0 Å². The molecule has 1 amide bonds. The zero-order valence-electron chi connectivity index (χ0n) is 6.20. The fourth-order valence-corrected chi connectivity index (χ4v) is 0.683. The van der Waals surface area contributed by atoms with Crippen molar-refractivity contribution in [2.45, 2.75) is 0 Å². The van der Waals surface area contributed by atoms with E-state index >= 15 is 0 Å². The predicted octanol–water partition coefficient (Wildman–Crippen LogP) is -1.25. The van der Waals surface area contributed by atoms with E-state index in [0.717, 1.165) is 6.07 Å². The summed E-state index contributed by atoms with van der Waals surface area (Å²) in [5.41, 5.74) is 4.42. The summed E-state index contributed by atoms with van der Waals surface area (Å²) in [7, 11) is 0. The molecule has 8 nitrogen and oxygen atoms in total. The van der Waals surface area contributed by atoms with Gasteiger partial charge < -0.3 is 4.98 Å². The molecule has 0 spiro atoms. The molecule has 66 valence electrons. The lowest BCUT2D eigenvalue weighted by molar-refractivity contribution is 0.0986. The summed E-state index contributed by atoms with van der Waals surface area (Å²) in [5, 5.41) is 2.81. The zero-order chi connectivity index (χ0) is 9.84. The van der Waals surface area contributed by atoms with E-state index in [1.807, 2.05) is 9.97 Å². The Balaban J connectivity index is 3.31. The Morgan fingerprint density at radius 1 is 1.46 bits per heavy atom. The summed E-state index contributed by atoms with van der Waals surface area (Å²) in [6.07, 6.45) is 0. The minimum Gasteiger partial charge on any atom is -0.302 e. The summed E-state index contributed by atoms with van der Waals surface area (Å²) < 4.78 is 0. The molecule has 1 rings (SSSR count). The molecule has 0 aromatic carbocycles. The first-order valence-corrected chi connectivity index (χ1v) is 3.09. The van der Waals surface area contributed by atoms with E-state index in [9.17, 15) is 14.4 Å². The zero-order valence-corrected chi connectivity index (χ0v) is 6.20. The molecular formula is C5H4N5O3+. The molecule has 0 aliphatic heterocycles. The number of nitrogens with zero attached hydrogens (tertiary/aromatic N) is 2. The third-order valence-electron chi connectivity index (χ3n) is 1.13. The molecule has 3 N–H and O–H groups in total. The molecule has 1 aromatic rings. The first kappa shape index (κ1) is 8.75. The average molecular weight is 182 g/mol. The van der Waals surface area contributed by atoms with Crippen molar-refractivity contribution in [1.29, 1.82) is 5.53 Å². The van der Waals surface area contributed by atoms with Gasteiger partial charge in [-0.25, -0.2) is 4.79 Å². The Morgan fingerprint density at radius 2 is 2.15 bits per heavy atom. The van der Waals surface area contributed by atoms with E-state index in [1.54, 1.807) is 0 Å². The van der Waals surface area contributed by atoms with E-state index in [4.69, 9.17) is 5.53 Å². The number of hydrogen-bond acceptors (Lipinski definition) is 4. The van der Waals surface area contributed by atoms with Gasteiger partial charge in [-0.2, -0.15) is 0 Å². The van der Waals surface area contributed by atoms with Crippen LogP contribution in [0.2, 0.25) is 0 Å². The second kappa shape index (κ2) is 3.37. The van der Waals surface area contributed by atoms with Crippen LogP contribution in [0.3, 0.4) is 0 Å². The molecule has 0 bridgehead atoms. The summed E-state index contributed by atoms with van der Waals surface area (Å²) in [6, 6.07) is 0.860. The van der Waals surface area contributed by atoms with Gasteiger partial charge in [-0.15, -0.1) is 0 Å². The maximum Gasteiger partial charge on any atom is 0.377 e. The summed E-state index contributed by atoms with van der Waals surface area (Å²) in [5.74, 6) is -0.946. The third-order valence-corrected chi connectivity index (χ3v) is 1.13. The SMILES string of the molecule is N=[N+]=NC(=O)c1cc(=O)[nH]c(=O)[nH]1. The molecule has 0 radical (unpaired) electrons. The van der Waals surface area contributed by atoms with Crippen molar-refractivity contribution in [2.24, 2.45) is 5.11 Å². The van der Waals surface area contributed by atoms with E-state index in [-0.39, 0.29) is 5.69 Å². The maximum absolute atomic E-state index is 10.8. The highest BCUT2D eigenvalue weighted by molar-refractivity contribution is 5.92. The standard InChI is InChI=1S/C5H3N5O3/c6-10-9-4(12)2-1-3(11)8-5(13)7-2/h1,6H,(H-,7,8,11,13)/p+1. The number of carbonyl (C=O) groups excluding carboxylic acids is 1. The van der Waals surface area contributed by atoms with Crippen LogP contribution in [0.1, 0.15) is 10.5 Å². The lowest BCUT2D eigenvalue weighted by Gasteiger charge is -1.87. The van der Waals surface area contributed by atoms with Crippen LogP contribution in [0, 0.1) is 5.53 Å².